The van der Waals surface area contributed by atoms with E-state index in [9.17, 15) is 4.79 Å². The Labute approximate surface area is 115 Å². The predicted octanol–water partition coefficient (Wildman–Crippen LogP) is 2.95. The third-order valence-corrected chi connectivity index (χ3v) is 3.52. The Morgan fingerprint density at radius 3 is 2.53 bits per heavy atom. The Balaban J connectivity index is 3.05. The standard InChI is InChI=1S/C15H23NO3/c1-6-11-9-12(7-8-13(11)19-5)16(4)15(2,3)10-14(17)18/h7-9H,6,10H2,1-5H3,(H,17,18). The van der Waals surface area contributed by atoms with E-state index in [0.717, 1.165) is 23.4 Å². The van der Waals surface area contributed by atoms with Crippen molar-refractivity contribution >= 4 is 11.7 Å². The van der Waals surface area contributed by atoms with Crippen LogP contribution in [-0.2, 0) is 11.2 Å². The summed E-state index contributed by atoms with van der Waals surface area (Å²) in [7, 11) is 3.58. The average Bonchev–Trinajstić information content (AvgIpc) is 2.35. The number of carboxylic acid groups (broad SMARTS) is 1. The fourth-order valence-electron chi connectivity index (χ4n) is 2.09. The molecule has 0 radical (unpaired) electrons. The first-order chi connectivity index (χ1) is 8.81. The SMILES string of the molecule is CCc1cc(N(C)C(C)(C)CC(=O)O)ccc1OC. The molecular weight excluding hydrogens is 242 g/mol. The number of rotatable bonds is 6. The molecule has 0 bridgehead atoms. The number of hydrogen-bond donors (Lipinski definition) is 1. The molecule has 0 heterocycles. The fraction of sp³-hybridized carbons (Fsp3) is 0.533. The number of hydrogen-bond acceptors (Lipinski definition) is 3. The fourth-order valence-corrected chi connectivity index (χ4v) is 2.09. The van der Waals surface area contributed by atoms with Crippen molar-refractivity contribution in [1.29, 1.82) is 0 Å². The van der Waals surface area contributed by atoms with Gasteiger partial charge in [-0.2, -0.15) is 0 Å². The van der Waals surface area contributed by atoms with Crippen molar-refractivity contribution in [2.75, 3.05) is 19.1 Å². The number of methoxy groups -OCH3 is 1. The predicted molar refractivity (Wildman–Crippen MR) is 77.1 cm³/mol. The van der Waals surface area contributed by atoms with E-state index >= 15 is 0 Å². The van der Waals surface area contributed by atoms with Crippen LogP contribution in [0.1, 0.15) is 32.8 Å². The molecule has 1 aromatic carbocycles. The van der Waals surface area contributed by atoms with Crippen molar-refractivity contribution in [2.45, 2.75) is 39.2 Å². The molecule has 0 spiro atoms. The van der Waals surface area contributed by atoms with Gasteiger partial charge in [-0.15, -0.1) is 0 Å². The highest BCUT2D eigenvalue weighted by Crippen LogP contribution is 2.29. The van der Waals surface area contributed by atoms with Crippen LogP contribution in [0.25, 0.3) is 0 Å². The van der Waals surface area contributed by atoms with Gasteiger partial charge in [0.15, 0.2) is 0 Å². The van der Waals surface area contributed by atoms with Crippen LogP contribution in [0.15, 0.2) is 18.2 Å². The molecule has 0 saturated carbocycles. The molecule has 4 heteroatoms. The summed E-state index contributed by atoms with van der Waals surface area (Å²) in [4.78, 5) is 12.9. The molecule has 0 fully saturated rings. The van der Waals surface area contributed by atoms with Crippen LogP contribution in [0.5, 0.6) is 5.75 Å². The first-order valence-electron chi connectivity index (χ1n) is 6.44. The zero-order valence-corrected chi connectivity index (χ0v) is 12.4. The largest absolute Gasteiger partial charge is 0.496 e. The van der Waals surface area contributed by atoms with E-state index in [1.54, 1.807) is 7.11 Å². The molecule has 0 aliphatic carbocycles. The summed E-state index contributed by atoms with van der Waals surface area (Å²) in [5.74, 6) is 0.0803. The molecule has 4 nitrogen and oxygen atoms in total. The van der Waals surface area contributed by atoms with E-state index in [1.165, 1.54) is 0 Å². The van der Waals surface area contributed by atoms with Gasteiger partial charge in [0.05, 0.1) is 13.5 Å². The Hall–Kier alpha value is -1.71. The second-order valence-corrected chi connectivity index (χ2v) is 5.29. The lowest BCUT2D eigenvalue weighted by atomic mass is 9.97. The Kier molecular flexibility index (Phi) is 4.81. The van der Waals surface area contributed by atoms with Gasteiger partial charge in [0.2, 0.25) is 0 Å². The van der Waals surface area contributed by atoms with Crippen LogP contribution in [0.3, 0.4) is 0 Å². The molecule has 0 aliphatic rings. The van der Waals surface area contributed by atoms with Crippen LogP contribution >= 0.6 is 0 Å². The molecule has 0 aliphatic heterocycles. The second kappa shape index (κ2) is 5.95. The van der Waals surface area contributed by atoms with Crippen LogP contribution in [0.4, 0.5) is 5.69 Å². The number of anilines is 1. The summed E-state index contributed by atoms with van der Waals surface area (Å²) in [5.41, 5.74) is 1.69. The van der Waals surface area contributed by atoms with Gasteiger partial charge in [-0.1, -0.05) is 6.92 Å². The average molecular weight is 265 g/mol. The highest BCUT2D eigenvalue weighted by atomic mass is 16.5. The lowest BCUT2D eigenvalue weighted by Crippen LogP contribution is -2.43. The van der Waals surface area contributed by atoms with E-state index in [1.807, 2.05) is 37.9 Å². The van der Waals surface area contributed by atoms with Crippen molar-refractivity contribution in [3.05, 3.63) is 23.8 Å². The number of aryl methyl sites for hydroxylation is 1. The maximum absolute atomic E-state index is 10.9. The maximum Gasteiger partial charge on any atom is 0.305 e. The third kappa shape index (κ3) is 3.63. The number of nitrogens with zero attached hydrogens (tertiary/aromatic N) is 1. The molecule has 0 aromatic heterocycles. The molecule has 0 saturated heterocycles. The van der Waals surface area contributed by atoms with E-state index in [0.29, 0.717) is 0 Å². The van der Waals surface area contributed by atoms with Crippen molar-refractivity contribution in [3.63, 3.8) is 0 Å². The zero-order valence-electron chi connectivity index (χ0n) is 12.4. The van der Waals surface area contributed by atoms with Crippen LogP contribution in [0, 0.1) is 0 Å². The molecule has 1 rings (SSSR count). The number of carbonyl (C=O) groups is 1. The van der Waals surface area contributed by atoms with Gasteiger partial charge in [-0.3, -0.25) is 4.79 Å². The minimum absolute atomic E-state index is 0.0942. The monoisotopic (exact) mass is 265 g/mol. The van der Waals surface area contributed by atoms with Crippen molar-refractivity contribution in [1.82, 2.24) is 0 Å². The third-order valence-electron chi connectivity index (χ3n) is 3.52. The van der Waals surface area contributed by atoms with Gasteiger partial charge in [0.25, 0.3) is 0 Å². The summed E-state index contributed by atoms with van der Waals surface area (Å²) in [6.45, 7) is 5.93. The summed E-state index contributed by atoms with van der Waals surface area (Å²) in [6, 6.07) is 5.95. The molecule has 1 N–H and O–H groups in total. The maximum atomic E-state index is 10.9. The van der Waals surface area contributed by atoms with Crippen LogP contribution in [-0.4, -0.2) is 30.8 Å². The van der Waals surface area contributed by atoms with Crippen molar-refractivity contribution in [3.8, 4) is 5.75 Å². The Bertz CT molecular complexity index is 455. The van der Waals surface area contributed by atoms with E-state index in [-0.39, 0.29) is 6.42 Å². The highest BCUT2D eigenvalue weighted by molar-refractivity contribution is 5.69. The highest BCUT2D eigenvalue weighted by Gasteiger charge is 2.27. The summed E-state index contributed by atoms with van der Waals surface area (Å²) < 4.78 is 5.31. The molecule has 1 aromatic rings. The Morgan fingerprint density at radius 2 is 2.05 bits per heavy atom. The summed E-state index contributed by atoms with van der Waals surface area (Å²) in [6.07, 6.45) is 0.973. The topological polar surface area (TPSA) is 49.8 Å². The number of benzene rings is 1. The van der Waals surface area contributed by atoms with Gasteiger partial charge in [-0.05, 0) is 44.0 Å². The first kappa shape index (κ1) is 15.3. The lowest BCUT2D eigenvalue weighted by Gasteiger charge is -2.36. The number of carboxylic acids is 1. The van der Waals surface area contributed by atoms with E-state index in [4.69, 9.17) is 9.84 Å². The lowest BCUT2D eigenvalue weighted by molar-refractivity contribution is -0.138. The minimum atomic E-state index is -0.791. The molecular formula is C15H23NO3. The van der Waals surface area contributed by atoms with Gasteiger partial charge < -0.3 is 14.7 Å². The van der Waals surface area contributed by atoms with Gasteiger partial charge >= 0.3 is 5.97 Å². The molecule has 0 atom stereocenters. The smallest absolute Gasteiger partial charge is 0.305 e. The quantitative estimate of drug-likeness (QED) is 0.859. The molecule has 106 valence electrons. The first-order valence-corrected chi connectivity index (χ1v) is 6.44. The Morgan fingerprint density at radius 1 is 1.42 bits per heavy atom. The van der Waals surface area contributed by atoms with Gasteiger partial charge in [-0.25, -0.2) is 0 Å². The molecule has 0 amide bonds. The van der Waals surface area contributed by atoms with Crippen molar-refractivity contribution in [2.24, 2.45) is 0 Å². The zero-order chi connectivity index (χ0) is 14.6. The van der Waals surface area contributed by atoms with Crippen molar-refractivity contribution < 1.29 is 14.6 Å². The van der Waals surface area contributed by atoms with Gasteiger partial charge in [0.1, 0.15) is 5.75 Å². The molecule has 0 unspecified atom stereocenters. The number of aliphatic carboxylic acids is 1. The summed E-state index contributed by atoms with van der Waals surface area (Å²) >= 11 is 0. The van der Waals surface area contributed by atoms with Crippen LogP contribution in [0.2, 0.25) is 0 Å². The minimum Gasteiger partial charge on any atom is -0.496 e. The van der Waals surface area contributed by atoms with E-state index < -0.39 is 11.5 Å². The molecule has 19 heavy (non-hydrogen) atoms. The number of ether oxygens (including phenoxy) is 1. The normalized spacial score (nSPS) is 11.2. The van der Waals surface area contributed by atoms with Gasteiger partial charge in [0, 0.05) is 18.3 Å². The second-order valence-electron chi connectivity index (χ2n) is 5.29. The summed E-state index contributed by atoms with van der Waals surface area (Å²) in [5, 5.41) is 8.98. The van der Waals surface area contributed by atoms with Crippen LogP contribution < -0.4 is 9.64 Å². The van der Waals surface area contributed by atoms with E-state index in [2.05, 4.69) is 13.0 Å².